The number of ether oxygens (including phenoxy) is 1. The average Bonchev–Trinajstić information content (AvgIpc) is 2.88. The van der Waals surface area contributed by atoms with E-state index < -0.39 is 40.6 Å². The van der Waals surface area contributed by atoms with Crippen molar-refractivity contribution < 1.29 is 18.7 Å². The number of benzene rings is 2. The first kappa shape index (κ1) is 24.1. The van der Waals surface area contributed by atoms with Crippen LogP contribution in [-0.4, -0.2) is 50.8 Å². The minimum Gasteiger partial charge on any atom is -0.466 e. The number of piperidine rings is 1. The second kappa shape index (κ2) is 10.5. The zero-order valence-electron chi connectivity index (χ0n) is 19.2. The molecule has 1 saturated heterocycles. The quantitative estimate of drug-likeness (QED) is 0.500. The van der Waals surface area contributed by atoms with Crippen LogP contribution in [0.25, 0.3) is 5.69 Å². The van der Waals surface area contributed by atoms with Gasteiger partial charge < -0.3 is 9.64 Å². The Hall–Kier alpha value is -4.08. The molecule has 0 bridgehead atoms. The summed E-state index contributed by atoms with van der Waals surface area (Å²) in [6.07, 6.45) is 1.13. The van der Waals surface area contributed by atoms with Gasteiger partial charge in [-0.1, -0.05) is 30.3 Å². The molecule has 2 aromatic carbocycles. The summed E-state index contributed by atoms with van der Waals surface area (Å²) in [5.74, 6) is -2.08. The fourth-order valence-corrected chi connectivity index (χ4v) is 4.07. The minimum absolute atomic E-state index is 0.0754. The van der Waals surface area contributed by atoms with E-state index >= 15 is 0 Å². The van der Waals surface area contributed by atoms with Gasteiger partial charge in [0.05, 0.1) is 24.8 Å². The molecule has 0 radical (unpaired) electrons. The van der Waals surface area contributed by atoms with Gasteiger partial charge in [-0.15, -0.1) is 0 Å². The lowest BCUT2D eigenvalue weighted by atomic mass is 9.98. The molecule has 182 valence electrons. The molecular formula is C25H25FN4O5. The third-order valence-electron chi connectivity index (χ3n) is 5.85. The number of hydrogen-bond acceptors (Lipinski definition) is 6. The topological polar surface area (TPSA) is 104 Å². The lowest BCUT2D eigenvalue weighted by Crippen LogP contribution is -2.49. The standard InChI is InChI=1S/C25H25FN4O5/c1-2-35-24(33)18-9-6-14-28(16-18)22(31)21-23(32)29(15-17-7-4-3-5-8-17)25(34)30(27-21)20-12-10-19(26)11-13-20/h3-5,7-8,10-13,18H,2,6,9,14-16H2,1H3/t18-/m1/s1. The Balaban J connectivity index is 1.77. The zero-order valence-corrected chi connectivity index (χ0v) is 19.2. The molecule has 2 heterocycles. The van der Waals surface area contributed by atoms with Crippen LogP contribution in [0.1, 0.15) is 35.8 Å². The molecule has 0 saturated carbocycles. The van der Waals surface area contributed by atoms with Crippen LogP contribution in [0, 0.1) is 11.7 Å². The van der Waals surface area contributed by atoms with Crippen LogP contribution < -0.4 is 11.2 Å². The number of carbonyl (C=O) groups excluding carboxylic acids is 2. The SMILES string of the molecule is CCOC(=O)[C@@H]1CCCN(C(=O)c2nn(-c3ccc(F)cc3)c(=O)n(Cc3ccccc3)c2=O)C1. The normalized spacial score (nSPS) is 15.6. The Morgan fingerprint density at radius 1 is 1.09 bits per heavy atom. The molecule has 1 aliphatic heterocycles. The molecule has 0 aliphatic carbocycles. The molecule has 35 heavy (non-hydrogen) atoms. The van der Waals surface area contributed by atoms with Crippen LogP contribution >= 0.6 is 0 Å². The van der Waals surface area contributed by atoms with Crippen molar-refractivity contribution >= 4 is 11.9 Å². The number of carbonyl (C=O) groups is 2. The van der Waals surface area contributed by atoms with E-state index in [1.54, 1.807) is 37.3 Å². The highest BCUT2D eigenvalue weighted by molar-refractivity contribution is 5.92. The van der Waals surface area contributed by atoms with Gasteiger partial charge in [0.15, 0.2) is 0 Å². The molecule has 0 spiro atoms. The summed E-state index contributed by atoms with van der Waals surface area (Å²) in [4.78, 5) is 53.6. The second-order valence-corrected chi connectivity index (χ2v) is 8.24. The van der Waals surface area contributed by atoms with Gasteiger partial charge in [0.1, 0.15) is 5.82 Å². The predicted molar refractivity (Wildman–Crippen MR) is 125 cm³/mol. The van der Waals surface area contributed by atoms with Crippen molar-refractivity contribution in [3.8, 4) is 5.69 Å². The summed E-state index contributed by atoms with van der Waals surface area (Å²) in [5.41, 5.74) is -1.16. The van der Waals surface area contributed by atoms with Crippen molar-refractivity contribution in [1.29, 1.82) is 0 Å². The largest absolute Gasteiger partial charge is 0.466 e. The number of hydrogen-bond donors (Lipinski definition) is 0. The van der Waals surface area contributed by atoms with Gasteiger partial charge in [0.2, 0.25) is 5.69 Å². The predicted octanol–water partition coefficient (Wildman–Crippen LogP) is 2.00. The van der Waals surface area contributed by atoms with E-state index in [9.17, 15) is 23.6 Å². The molecule has 9 nitrogen and oxygen atoms in total. The maximum absolute atomic E-state index is 13.5. The summed E-state index contributed by atoms with van der Waals surface area (Å²) in [5, 5.41) is 4.10. The number of esters is 1. The van der Waals surface area contributed by atoms with Gasteiger partial charge in [-0.2, -0.15) is 9.78 Å². The van der Waals surface area contributed by atoms with Gasteiger partial charge in [0.25, 0.3) is 11.5 Å². The Morgan fingerprint density at radius 2 is 1.80 bits per heavy atom. The zero-order chi connectivity index (χ0) is 24.9. The maximum Gasteiger partial charge on any atom is 0.352 e. The van der Waals surface area contributed by atoms with Crippen LogP contribution in [0.4, 0.5) is 4.39 Å². The van der Waals surface area contributed by atoms with E-state index in [-0.39, 0.29) is 25.4 Å². The Morgan fingerprint density at radius 3 is 2.49 bits per heavy atom. The van der Waals surface area contributed by atoms with Crippen LogP contribution in [0.5, 0.6) is 0 Å². The number of likely N-dealkylation sites (tertiary alicyclic amines) is 1. The first-order chi connectivity index (χ1) is 16.9. The van der Waals surface area contributed by atoms with E-state index in [4.69, 9.17) is 4.74 Å². The van der Waals surface area contributed by atoms with Gasteiger partial charge in [0, 0.05) is 13.1 Å². The fraction of sp³-hybridized carbons (Fsp3) is 0.320. The van der Waals surface area contributed by atoms with E-state index in [0.717, 1.165) is 21.4 Å². The number of nitrogens with zero attached hydrogens (tertiary/aromatic N) is 4. The van der Waals surface area contributed by atoms with Crippen molar-refractivity contribution in [2.24, 2.45) is 5.92 Å². The van der Waals surface area contributed by atoms with Gasteiger partial charge in [-0.3, -0.25) is 19.0 Å². The van der Waals surface area contributed by atoms with Gasteiger partial charge >= 0.3 is 11.7 Å². The summed E-state index contributed by atoms with van der Waals surface area (Å²) < 4.78 is 20.4. The highest BCUT2D eigenvalue weighted by Crippen LogP contribution is 2.19. The summed E-state index contributed by atoms with van der Waals surface area (Å²) in [7, 11) is 0. The van der Waals surface area contributed by atoms with Crippen molar-refractivity contribution in [3.63, 3.8) is 0 Å². The first-order valence-electron chi connectivity index (χ1n) is 11.4. The number of halogens is 1. The molecule has 1 aliphatic rings. The van der Waals surface area contributed by atoms with Crippen molar-refractivity contribution in [2.45, 2.75) is 26.3 Å². The smallest absolute Gasteiger partial charge is 0.352 e. The van der Waals surface area contributed by atoms with Crippen molar-refractivity contribution in [1.82, 2.24) is 19.2 Å². The number of amides is 1. The molecule has 1 amide bonds. The van der Waals surface area contributed by atoms with Crippen LogP contribution in [0.2, 0.25) is 0 Å². The molecule has 1 fully saturated rings. The molecular weight excluding hydrogens is 455 g/mol. The summed E-state index contributed by atoms with van der Waals surface area (Å²) in [6, 6.07) is 13.9. The van der Waals surface area contributed by atoms with Crippen molar-refractivity contribution in [2.75, 3.05) is 19.7 Å². The lowest BCUT2D eigenvalue weighted by molar-refractivity contribution is -0.149. The van der Waals surface area contributed by atoms with Gasteiger partial charge in [-0.25, -0.2) is 9.18 Å². The third-order valence-corrected chi connectivity index (χ3v) is 5.85. The fourth-order valence-electron chi connectivity index (χ4n) is 4.07. The van der Waals surface area contributed by atoms with E-state index in [0.29, 0.717) is 24.9 Å². The minimum atomic E-state index is -0.833. The van der Waals surface area contributed by atoms with E-state index in [2.05, 4.69) is 5.10 Å². The van der Waals surface area contributed by atoms with Crippen LogP contribution in [-0.2, 0) is 16.1 Å². The lowest BCUT2D eigenvalue weighted by Gasteiger charge is -2.31. The maximum atomic E-state index is 13.5. The first-order valence-corrected chi connectivity index (χ1v) is 11.4. The number of aromatic nitrogens is 3. The molecule has 1 atom stereocenters. The molecule has 4 rings (SSSR count). The van der Waals surface area contributed by atoms with E-state index in [1.807, 2.05) is 0 Å². The number of rotatable bonds is 6. The highest BCUT2D eigenvalue weighted by Gasteiger charge is 2.32. The Labute approximate surface area is 200 Å². The van der Waals surface area contributed by atoms with Crippen LogP contribution in [0.3, 0.4) is 0 Å². The monoisotopic (exact) mass is 480 g/mol. The summed E-state index contributed by atoms with van der Waals surface area (Å²) in [6.45, 7) is 2.30. The molecule has 0 N–H and O–H groups in total. The van der Waals surface area contributed by atoms with Crippen molar-refractivity contribution in [3.05, 3.63) is 92.5 Å². The van der Waals surface area contributed by atoms with E-state index in [1.165, 1.54) is 17.0 Å². The van der Waals surface area contributed by atoms with Gasteiger partial charge in [-0.05, 0) is 49.6 Å². The molecule has 10 heteroatoms. The summed E-state index contributed by atoms with van der Waals surface area (Å²) >= 11 is 0. The molecule has 3 aromatic rings. The average molecular weight is 480 g/mol. The third kappa shape index (κ3) is 5.21. The Kier molecular flexibility index (Phi) is 7.19. The highest BCUT2D eigenvalue weighted by atomic mass is 19.1. The molecule has 1 aromatic heterocycles. The molecule has 0 unspecified atom stereocenters. The second-order valence-electron chi connectivity index (χ2n) is 8.24. The van der Waals surface area contributed by atoms with Crippen LogP contribution in [0.15, 0.2) is 64.2 Å². The Bertz CT molecular complexity index is 1330.